The van der Waals surface area contributed by atoms with Gasteiger partial charge in [0.1, 0.15) is 11.1 Å². The Labute approximate surface area is 254 Å². The molecule has 0 radical (unpaired) electrons. The Kier molecular flexibility index (Phi) is 13.3. The summed E-state index contributed by atoms with van der Waals surface area (Å²) in [7, 11) is 0. The van der Waals surface area contributed by atoms with Crippen molar-refractivity contribution in [3.63, 3.8) is 0 Å². The molecule has 250 valence electrons. The highest BCUT2D eigenvalue weighted by Gasteiger charge is 2.56. The number of imide groups is 1. The number of carbonyl (C=O) groups is 2. The van der Waals surface area contributed by atoms with Crippen LogP contribution in [0.5, 0.6) is 0 Å². The second-order valence-corrected chi connectivity index (χ2v) is 12.4. The summed E-state index contributed by atoms with van der Waals surface area (Å²) in [5, 5.41) is 11.0. The summed E-state index contributed by atoms with van der Waals surface area (Å²) in [5.41, 5.74) is -4.44. The third kappa shape index (κ3) is 9.93. The molecule has 7 nitrogen and oxygen atoms in total. The lowest BCUT2D eigenvalue weighted by Gasteiger charge is -2.27. The number of amides is 3. The van der Waals surface area contributed by atoms with Crippen molar-refractivity contribution in [3.05, 3.63) is 33.9 Å². The lowest BCUT2D eigenvalue weighted by Crippen LogP contribution is -2.44. The van der Waals surface area contributed by atoms with E-state index >= 15 is 0 Å². The second-order valence-electron chi connectivity index (χ2n) is 11.2. The van der Waals surface area contributed by atoms with Gasteiger partial charge in [0.05, 0.1) is 10.6 Å². The number of carbonyl (C=O) groups excluding carboxylic acids is 2. The van der Waals surface area contributed by atoms with E-state index in [4.69, 9.17) is 0 Å². The molecule has 0 aromatic heterocycles. The lowest BCUT2D eigenvalue weighted by molar-refractivity contribution is -0.388. The molecule has 1 aromatic rings. The molecular formula is C28H37F8N3O4S. The fraction of sp³-hybridized carbons (Fsp3) is 0.714. The predicted octanol–water partition coefficient (Wildman–Crippen LogP) is 9.38. The molecule has 0 N–H and O–H groups in total. The molecule has 44 heavy (non-hydrogen) atoms. The number of alkyl halides is 8. The van der Waals surface area contributed by atoms with E-state index in [9.17, 15) is 54.8 Å². The van der Waals surface area contributed by atoms with Crippen molar-refractivity contribution in [3.8, 4) is 0 Å². The van der Waals surface area contributed by atoms with Gasteiger partial charge in [-0.05, 0) is 56.7 Å². The summed E-state index contributed by atoms with van der Waals surface area (Å²) < 4.78 is 102. The van der Waals surface area contributed by atoms with Crippen LogP contribution in [0, 0.1) is 10.1 Å². The average Bonchev–Trinajstić information content (AvgIpc) is 3.07. The van der Waals surface area contributed by atoms with Crippen LogP contribution >= 0.6 is 11.8 Å². The van der Waals surface area contributed by atoms with E-state index in [1.165, 1.54) is 30.5 Å². The van der Waals surface area contributed by atoms with Crippen LogP contribution in [0.2, 0.25) is 0 Å². The zero-order valence-electron chi connectivity index (χ0n) is 24.5. The molecule has 0 unspecified atom stereocenters. The molecule has 0 atom stereocenters. The maximum Gasteiger partial charge on any atom is 0.453 e. The van der Waals surface area contributed by atoms with Gasteiger partial charge in [0.15, 0.2) is 0 Å². The number of nitro benzene ring substituents is 1. The maximum absolute atomic E-state index is 13.4. The number of benzene rings is 1. The summed E-state index contributed by atoms with van der Waals surface area (Å²) in [6, 6.07) is 1.23. The molecule has 0 spiro atoms. The minimum Gasteiger partial charge on any atom is -0.310 e. The summed E-state index contributed by atoms with van der Waals surface area (Å²) in [5.74, 6) is -4.41. The van der Waals surface area contributed by atoms with Crippen molar-refractivity contribution in [1.29, 1.82) is 0 Å². The number of urea groups is 1. The zero-order chi connectivity index (χ0) is 33.3. The molecule has 16 heteroatoms. The van der Waals surface area contributed by atoms with E-state index in [2.05, 4.69) is 0 Å². The van der Waals surface area contributed by atoms with Crippen LogP contribution in [0.1, 0.15) is 90.0 Å². The number of anilines is 1. The number of hydrogen-bond acceptors (Lipinski definition) is 5. The van der Waals surface area contributed by atoms with E-state index < -0.39 is 64.0 Å². The van der Waals surface area contributed by atoms with Crippen LogP contribution < -0.4 is 4.90 Å². The SMILES string of the molecule is CC1(C)C(=O)N(c2ccc([N+](=O)[O-])c(C(F)(F)F)c2)C(=O)N1CCCCCCCCCCCSCCCC(F)(F)C(F)(F)F. The Balaban J connectivity index is 1.67. The standard InChI is InChI=1S/C28H37F8N3O4S/c1-25(2)23(40)38(20-13-14-22(39(42)43)21(19-20)27(31,32)33)24(41)37(25)16-10-8-6-4-3-5-7-9-11-17-44-18-12-15-26(29,30)28(34,35)36/h13-14,19H,3-12,15-18H2,1-2H3. The normalized spacial score (nSPS) is 15.9. The van der Waals surface area contributed by atoms with E-state index in [0.29, 0.717) is 29.2 Å². The molecule has 0 aliphatic carbocycles. The third-order valence-electron chi connectivity index (χ3n) is 7.43. The Hall–Kier alpha value is -2.65. The number of rotatable bonds is 18. The molecule has 1 aliphatic heterocycles. The largest absolute Gasteiger partial charge is 0.453 e. The zero-order valence-corrected chi connectivity index (χ0v) is 25.4. The molecule has 1 saturated heterocycles. The van der Waals surface area contributed by atoms with Gasteiger partial charge in [-0.3, -0.25) is 14.9 Å². The number of nitro groups is 1. The highest BCUT2D eigenvalue weighted by molar-refractivity contribution is 7.99. The van der Waals surface area contributed by atoms with Gasteiger partial charge in [-0.25, -0.2) is 9.69 Å². The lowest BCUT2D eigenvalue weighted by atomic mass is 10.0. The summed E-state index contributed by atoms with van der Waals surface area (Å²) in [6.45, 7) is 3.20. The van der Waals surface area contributed by atoms with Crippen LogP contribution in [0.25, 0.3) is 0 Å². The average molecular weight is 664 g/mol. The maximum atomic E-state index is 13.4. The number of nitrogens with zero attached hydrogens (tertiary/aromatic N) is 3. The minimum absolute atomic E-state index is 0.197. The molecule has 1 heterocycles. The predicted molar refractivity (Wildman–Crippen MR) is 151 cm³/mol. The highest BCUT2D eigenvalue weighted by Crippen LogP contribution is 2.41. The van der Waals surface area contributed by atoms with Crippen LogP contribution in [-0.4, -0.2) is 57.4 Å². The first-order chi connectivity index (χ1) is 20.3. The van der Waals surface area contributed by atoms with E-state index in [0.717, 1.165) is 57.4 Å². The first-order valence-corrected chi connectivity index (χ1v) is 15.5. The minimum atomic E-state index is -5.50. The quantitative estimate of drug-likeness (QED) is 0.0514. The Bertz CT molecular complexity index is 1140. The Morgan fingerprint density at radius 1 is 0.818 bits per heavy atom. The topological polar surface area (TPSA) is 83.8 Å². The molecule has 2 rings (SSSR count). The third-order valence-corrected chi connectivity index (χ3v) is 8.58. The summed E-state index contributed by atoms with van der Waals surface area (Å²) >= 11 is 1.37. The van der Waals surface area contributed by atoms with Crippen molar-refractivity contribution in [2.75, 3.05) is 23.0 Å². The van der Waals surface area contributed by atoms with Gasteiger partial charge in [0.25, 0.3) is 11.6 Å². The molecule has 1 aliphatic rings. The molecule has 3 amide bonds. The molecule has 1 fully saturated rings. The van der Waals surface area contributed by atoms with Gasteiger partial charge >= 0.3 is 24.3 Å². The van der Waals surface area contributed by atoms with Crippen LogP contribution in [-0.2, 0) is 11.0 Å². The van der Waals surface area contributed by atoms with Crippen molar-refractivity contribution < 1.29 is 49.6 Å². The van der Waals surface area contributed by atoms with E-state index in [1.807, 2.05) is 0 Å². The van der Waals surface area contributed by atoms with Crippen molar-refractivity contribution in [1.82, 2.24) is 4.90 Å². The first-order valence-electron chi connectivity index (χ1n) is 14.4. The van der Waals surface area contributed by atoms with Gasteiger partial charge in [-0.15, -0.1) is 0 Å². The number of thioether (sulfide) groups is 1. The monoisotopic (exact) mass is 663 g/mol. The van der Waals surface area contributed by atoms with Gasteiger partial charge < -0.3 is 4.90 Å². The molecular weight excluding hydrogens is 626 g/mol. The molecule has 0 bridgehead atoms. The van der Waals surface area contributed by atoms with Crippen molar-refractivity contribution >= 4 is 35.1 Å². The smallest absolute Gasteiger partial charge is 0.310 e. The number of unbranched alkanes of at least 4 members (excludes halogenated alkanes) is 8. The molecule has 1 aromatic carbocycles. The Morgan fingerprint density at radius 2 is 1.34 bits per heavy atom. The van der Waals surface area contributed by atoms with E-state index in [1.54, 1.807) is 0 Å². The van der Waals surface area contributed by atoms with Gasteiger partial charge in [0.2, 0.25) is 0 Å². The summed E-state index contributed by atoms with van der Waals surface area (Å²) in [6.07, 6.45) is -4.10. The van der Waals surface area contributed by atoms with Crippen molar-refractivity contribution in [2.45, 2.75) is 108 Å². The fourth-order valence-corrected chi connectivity index (χ4v) is 5.80. The van der Waals surface area contributed by atoms with Crippen LogP contribution in [0.3, 0.4) is 0 Å². The number of hydrogen-bond donors (Lipinski definition) is 0. The molecule has 0 saturated carbocycles. The van der Waals surface area contributed by atoms with Crippen molar-refractivity contribution in [2.24, 2.45) is 0 Å². The first kappa shape index (κ1) is 37.5. The Morgan fingerprint density at radius 3 is 1.86 bits per heavy atom. The fourth-order valence-electron chi connectivity index (χ4n) is 4.84. The van der Waals surface area contributed by atoms with Gasteiger partial charge in [-0.2, -0.15) is 46.9 Å². The highest BCUT2D eigenvalue weighted by atomic mass is 32.2. The number of halogens is 8. The summed E-state index contributed by atoms with van der Waals surface area (Å²) in [4.78, 5) is 37.9. The van der Waals surface area contributed by atoms with E-state index in [-0.39, 0.29) is 18.7 Å². The van der Waals surface area contributed by atoms with Gasteiger partial charge in [-0.1, -0.05) is 44.9 Å². The van der Waals surface area contributed by atoms with Crippen LogP contribution in [0.15, 0.2) is 18.2 Å². The second kappa shape index (κ2) is 15.6. The van der Waals surface area contributed by atoms with Crippen LogP contribution in [0.4, 0.5) is 51.3 Å². The van der Waals surface area contributed by atoms with Gasteiger partial charge in [0, 0.05) is 19.0 Å².